The summed E-state index contributed by atoms with van der Waals surface area (Å²) in [6, 6.07) is 5.23. The molecule has 9 nitrogen and oxygen atoms in total. The van der Waals surface area contributed by atoms with E-state index in [0.717, 1.165) is 24.8 Å². The molecule has 0 saturated carbocycles. The van der Waals surface area contributed by atoms with Crippen LogP contribution in [0.5, 0.6) is 11.5 Å². The predicted octanol–water partition coefficient (Wildman–Crippen LogP) is 5.43. The highest BCUT2D eigenvalue weighted by molar-refractivity contribution is 5.92. The van der Waals surface area contributed by atoms with Crippen LogP contribution in [0.4, 0.5) is 4.79 Å². The number of aliphatic hydroxyl groups is 1. The topological polar surface area (TPSA) is 115 Å². The third-order valence-electron chi connectivity index (χ3n) is 6.73. The minimum absolute atomic E-state index is 0.0330. The molecule has 3 N–H and O–H groups in total. The van der Waals surface area contributed by atoms with E-state index >= 15 is 0 Å². The molecule has 3 atom stereocenters. The molecule has 0 bridgehead atoms. The van der Waals surface area contributed by atoms with E-state index in [1.165, 1.54) is 0 Å². The molecule has 234 valence electrons. The first kappa shape index (κ1) is 36.2. The van der Waals surface area contributed by atoms with Gasteiger partial charge >= 0.3 is 6.09 Å². The fraction of sp³-hybridized carbons (Fsp3) is 0.688. The highest BCUT2D eigenvalue weighted by Crippen LogP contribution is 2.32. The number of hydrogen-bond acceptors (Lipinski definition) is 7. The zero-order valence-corrected chi connectivity index (χ0v) is 26.5. The Hall–Kier alpha value is -2.78. The normalized spacial score (nSPS) is 13.7. The molecule has 0 heterocycles. The number of benzene rings is 1. The smallest absolute Gasteiger partial charge is 0.407 e. The van der Waals surface area contributed by atoms with E-state index in [1.807, 2.05) is 25.1 Å². The summed E-state index contributed by atoms with van der Waals surface area (Å²) >= 11 is 0. The van der Waals surface area contributed by atoms with Gasteiger partial charge in [0.1, 0.15) is 5.60 Å². The van der Waals surface area contributed by atoms with Crippen LogP contribution < -0.4 is 20.1 Å². The van der Waals surface area contributed by atoms with Crippen LogP contribution in [0.3, 0.4) is 0 Å². The Balaban J connectivity index is 3.11. The predicted molar refractivity (Wildman–Crippen MR) is 162 cm³/mol. The molecule has 1 rings (SSSR count). The third kappa shape index (κ3) is 14.6. The standard InChI is InChI=1S/C32H54N2O7/c1-10-11-15-33-30(36)23(4)18-27(35)26(34-31(37)41-32(5,6)7)21-25(22(2)3)19-24-13-14-28(39-9)29(20-24)40-17-12-16-38-8/h13-14,20,22,25-27,35H,4,10-12,15-19,21H2,1-3,5-9H3,(H,33,36)(H,34,37)/t25-,26-,27+/m0/s1. The lowest BCUT2D eigenvalue weighted by Crippen LogP contribution is -2.47. The Morgan fingerprint density at radius 2 is 1.78 bits per heavy atom. The summed E-state index contributed by atoms with van der Waals surface area (Å²) in [7, 11) is 3.27. The largest absolute Gasteiger partial charge is 0.493 e. The second kappa shape index (κ2) is 18.6. The van der Waals surface area contributed by atoms with Crippen molar-refractivity contribution in [3.63, 3.8) is 0 Å². The van der Waals surface area contributed by atoms with Crippen molar-refractivity contribution in [3.8, 4) is 11.5 Å². The number of amides is 2. The molecular formula is C32H54N2O7. The maximum atomic E-state index is 12.8. The first-order valence-electron chi connectivity index (χ1n) is 14.7. The third-order valence-corrected chi connectivity index (χ3v) is 6.73. The van der Waals surface area contributed by atoms with Crippen LogP contribution >= 0.6 is 0 Å². The van der Waals surface area contributed by atoms with Gasteiger partial charge in [0.2, 0.25) is 5.91 Å². The van der Waals surface area contributed by atoms with Crippen molar-refractivity contribution in [1.82, 2.24) is 10.6 Å². The molecule has 0 aliphatic rings. The summed E-state index contributed by atoms with van der Waals surface area (Å²) in [6.07, 6.45) is 2.14. The van der Waals surface area contributed by atoms with Gasteiger partial charge in [-0.2, -0.15) is 0 Å². The van der Waals surface area contributed by atoms with Crippen molar-refractivity contribution in [2.75, 3.05) is 34.0 Å². The number of rotatable bonds is 19. The maximum Gasteiger partial charge on any atom is 0.407 e. The minimum Gasteiger partial charge on any atom is -0.493 e. The quantitative estimate of drug-likeness (QED) is 0.148. The van der Waals surface area contributed by atoms with Crippen molar-refractivity contribution in [2.45, 2.75) is 97.8 Å². The Morgan fingerprint density at radius 1 is 1.07 bits per heavy atom. The molecule has 0 unspecified atom stereocenters. The molecule has 0 aliphatic heterocycles. The molecule has 0 aromatic heterocycles. The zero-order valence-electron chi connectivity index (χ0n) is 26.5. The van der Waals surface area contributed by atoms with Crippen LogP contribution in [0.25, 0.3) is 0 Å². The number of aliphatic hydroxyl groups excluding tert-OH is 1. The van der Waals surface area contributed by atoms with Gasteiger partial charge in [-0.3, -0.25) is 4.79 Å². The molecule has 41 heavy (non-hydrogen) atoms. The summed E-state index contributed by atoms with van der Waals surface area (Å²) in [4.78, 5) is 25.2. The van der Waals surface area contributed by atoms with Crippen molar-refractivity contribution in [2.24, 2.45) is 11.8 Å². The van der Waals surface area contributed by atoms with E-state index in [0.29, 0.717) is 44.1 Å². The van der Waals surface area contributed by atoms with Crippen LogP contribution in [-0.2, 0) is 20.7 Å². The second-order valence-electron chi connectivity index (χ2n) is 11.9. The van der Waals surface area contributed by atoms with Crippen molar-refractivity contribution >= 4 is 12.0 Å². The summed E-state index contributed by atoms with van der Waals surface area (Å²) in [6.45, 7) is 17.2. The van der Waals surface area contributed by atoms with E-state index in [1.54, 1.807) is 35.0 Å². The van der Waals surface area contributed by atoms with E-state index in [9.17, 15) is 14.7 Å². The number of methoxy groups -OCH3 is 2. The molecule has 2 amide bonds. The van der Waals surface area contributed by atoms with Crippen LogP contribution in [0.1, 0.15) is 79.2 Å². The molecule has 1 aromatic rings. The van der Waals surface area contributed by atoms with Gasteiger partial charge in [0, 0.05) is 38.7 Å². The average molecular weight is 579 g/mol. The van der Waals surface area contributed by atoms with Crippen molar-refractivity contribution in [3.05, 3.63) is 35.9 Å². The van der Waals surface area contributed by atoms with Crippen molar-refractivity contribution < 1.29 is 33.6 Å². The van der Waals surface area contributed by atoms with Gasteiger partial charge in [-0.1, -0.05) is 39.8 Å². The minimum atomic E-state index is -1.02. The lowest BCUT2D eigenvalue weighted by Gasteiger charge is -2.31. The second-order valence-corrected chi connectivity index (χ2v) is 11.9. The number of carbonyl (C=O) groups is 2. The van der Waals surface area contributed by atoms with Gasteiger partial charge in [0.25, 0.3) is 0 Å². The molecular weight excluding hydrogens is 524 g/mol. The average Bonchev–Trinajstić information content (AvgIpc) is 2.89. The zero-order chi connectivity index (χ0) is 31.0. The Bertz CT molecular complexity index is 942. The molecule has 0 aliphatic carbocycles. The number of ether oxygens (including phenoxy) is 4. The van der Waals surface area contributed by atoms with Crippen LogP contribution in [-0.4, -0.2) is 68.8 Å². The fourth-order valence-corrected chi connectivity index (χ4v) is 4.33. The van der Waals surface area contributed by atoms with Gasteiger partial charge < -0.3 is 34.7 Å². The maximum absolute atomic E-state index is 12.8. The van der Waals surface area contributed by atoms with E-state index in [2.05, 4.69) is 31.1 Å². The highest BCUT2D eigenvalue weighted by atomic mass is 16.6. The first-order valence-corrected chi connectivity index (χ1v) is 14.7. The number of unbranched alkanes of at least 4 members (excludes halogenated alkanes) is 1. The van der Waals surface area contributed by atoms with Crippen LogP contribution in [0.15, 0.2) is 30.4 Å². The van der Waals surface area contributed by atoms with Gasteiger partial charge in [-0.25, -0.2) is 4.79 Å². The number of alkyl carbamates (subject to hydrolysis) is 1. The summed E-state index contributed by atoms with van der Waals surface area (Å²) in [5, 5.41) is 16.9. The van der Waals surface area contributed by atoms with Gasteiger partial charge in [0.05, 0.1) is 25.9 Å². The Kier molecular flexibility index (Phi) is 16.5. The number of nitrogens with one attached hydrogen (secondary N) is 2. The van der Waals surface area contributed by atoms with E-state index in [-0.39, 0.29) is 29.7 Å². The molecule has 9 heteroatoms. The molecule has 0 saturated heterocycles. The van der Waals surface area contributed by atoms with Crippen molar-refractivity contribution in [1.29, 1.82) is 0 Å². The van der Waals surface area contributed by atoms with E-state index < -0.39 is 23.8 Å². The number of carbonyl (C=O) groups excluding carboxylic acids is 2. The van der Waals surface area contributed by atoms with E-state index in [4.69, 9.17) is 18.9 Å². The number of hydrogen-bond donors (Lipinski definition) is 3. The lowest BCUT2D eigenvalue weighted by molar-refractivity contribution is -0.117. The Labute approximate surface area is 247 Å². The summed E-state index contributed by atoms with van der Waals surface area (Å²) in [5.74, 6) is 1.36. The lowest BCUT2D eigenvalue weighted by atomic mass is 9.82. The molecule has 1 aromatic carbocycles. The highest BCUT2D eigenvalue weighted by Gasteiger charge is 2.30. The fourth-order valence-electron chi connectivity index (χ4n) is 4.33. The Morgan fingerprint density at radius 3 is 2.37 bits per heavy atom. The van der Waals surface area contributed by atoms with Crippen LogP contribution in [0.2, 0.25) is 0 Å². The SMILES string of the molecule is C=C(C[C@@H](O)[C@H](C[C@H](Cc1ccc(OC)c(OCCCOC)c1)C(C)C)NC(=O)OC(C)(C)C)C(=O)NCCCC. The first-order chi connectivity index (χ1) is 19.3. The molecule has 0 fully saturated rings. The van der Waals surface area contributed by atoms with Crippen LogP contribution in [0, 0.1) is 11.8 Å². The summed E-state index contributed by atoms with van der Waals surface area (Å²) in [5.41, 5.74) is 0.635. The van der Waals surface area contributed by atoms with Gasteiger partial charge in [-0.15, -0.1) is 0 Å². The van der Waals surface area contributed by atoms with Gasteiger partial charge in [-0.05, 0) is 69.6 Å². The molecule has 0 spiro atoms. The summed E-state index contributed by atoms with van der Waals surface area (Å²) < 4.78 is 22.1. The monoisotopic (exact) mass is 578 g/mol. The van der Waals surface area contributed by atoms with Gasteiger partial charge in [0.15, 0.2) is 11.5 Å². The molecule has 0 radical (unpaired) electrons.